The second-order valence-electron chi connectivity index (χ2n) is 7.24. The molecular formula is C20H21FN4O4S. The standard InChI is InChI=1S/C20H21FN4O4S/c1-13-22-19(24-29-13)20(2,3)23-18(26)12-14-4-8-16(9-5-14)25-30(27,28)17-10-6-15(21)7-11-17/h4-11,25H,12H2,1-3H3,(H,23,26). The van der Waals surface area contributed by atoms with Crippen molar-refractivity contribution in [1.82, 2.24) is 15.5 Å². The fraction of sp³-hybridized carbons (Fsp3) is 0.250. The van der Waals surface area contributed by atoms with Crippen LogP contribution < -0.4 is 10.0 Å². The number of hydrogen-bond acceptors (Lipinski definition) is 6. The quantitative estimate of drug-likeness (QED) is 0.593. The molecule has 2 N–H and O–H groups in total. The highest BCUT2D eigenvalue weighted by Gasteiger charge is 2.28. The zero-order chi connectivity index (χ0) is 21.9. The van der Waals surface area contributed by atoms with E-state index < -0.39 is 21.4 Å². The Kier molecular flexibility index (Phi) is 5.88. The Hall–Kier alpha value is -3.27. The van der Waals surface area contributed by atoms with Crippen LogP contribution in [0.1, 0.15) is 31.1 Å². The van der Waals surface area contributed by atoms with Crippen molar-refractivity contribution in [3.05, 3.63) is 71.6 Å². The highest BCUT2D eigenvalue weighted by Crippen LogP contribution is 2.19. The van der Waals surface area contributed by atoms with Gasteiger partial charge in [0.25, 0.3) is 10.0 Å². The molecule has 0 bridgehead atoms. The summed E-state index contributed by atoms with van der Waals surface area (Å²) in [4.78, 5) is 16.5. The number of nitrogens with zero attached hydrogens (tertiary/aromatic N) is 2. The lowest BCUT2D eigenvalue weighted by Crippen LogP contribution is -2.42. The van der Waals surface area contributed by atoms with Gasteiger partial charge < -0.3 is 9.84 Å². The van der Waals surface area contributed by atoms with E-state index >= 15 is 0 Å². The van der Waals surface area contributed by atoms with Gasteiger partial charge in [0.2, 0.25) is 11.8 Å². The average molecular weight is 432 g/mol. The summed E-state index contributed by atoms with van der Waals surface area (Å²) < 4.78 is 45.1. The van der Waals surface area contributed by atoms with Crippen molar-refractivity contribution in [2.24, 2.45) is 0 Å². The highest BCUT2D eigenvalue weighted by molar-refractivity contribution is 7.92. The topological polar surface area (TPSA) is 114 Å². The number of rotatable bonds is 7. The van der Waals surface area contributed by atoms with Crippen molar-refractivity contribution in [1.29, 1.82) is 0 Å². The van der Waals surface area contributed by atoms with Crippen molar-refractivity contribution in [3.63, 3.8) is 0 Å². The van der Waals surface area contributed by atoms with E-state index in [2.05, 4.69) is 20.2 Å². The zero-order valence-corrected chi connectivity index (χ0v) is 17.5. The SMILES string of the molecule is Cc1nc(C(C)(C)NC(=O)Cc2ccc(NS(=O)(=O)c3ccc(F)cc3)cc2)no1. The predicted octanol–water partition coefficient (Wildman–Crippen LogP) is 2.91. The van der Waals surface area contributed by atoms with Crippen LogP contribution in [0.4, 0.5) is 10.1 Å². The van der Waals surface area contributed by atoms with Gasteiger partial charge in [-0.15, -0.1) is 0 Å². The molecule has 0 aliphatic heterocycles. The first-order valence-corrected chi connectivity index (χ1v) is 10.5. The van der Waals surface area contributed by atoms with Gasteiger partial charge in [-0.25, -0.2) is 12.8 Å². The van der Waals surface area contributed by atoms with Crippen LogP contribution in [0.2, 0.25) is 0 Å². The Morgan fingerprint density at radius 2 is 1.73 bits per heavy atom. The molecule has 1 aromatic heterocycles. The first-order chi connectivity index (χ1) is 14.0. The van der Waals surface area contributed by atoms with Crippen molar-refractivity contribution < 1.29 is 22.1 Å². The Balaban J connectivity index is 1.63. The maximum Gasteiger partial charge on any atom is 0.261 e. The summed E-state index contributed by atoms with van der Waals surface area (Å²) in [6, 6.07) is 10.9. The average Bonchev–Trinajstić information content (AvgIpc) is 3.10. The number of aryl methyl sites for hydroxylation is 1. The minimum absolute atomic E-state index is 0.0497. The van der Waals surface area contributed by atoms with Crippen LogP contribution in [0, 0.1) is 12.7 Å². The third-order valence-corrected chi connectivity index (χ3v) is 5.63. The number of carbonyl (C=O) groups is 1. The largest absolute Gasteiger partial charge is 0.344 e. The Morgan fingerprint density at radius 3 is 2.30 bits per heavy atom. The second kappa shape index (κ2) is 8.23. The molecule has 1 heterocycles. The number of carbonyl (C=O) groups excluding carboxylic acids is 1. The smallest absolute Gasteiger partial charge is 0.261 e. The molecule has 0 saturated heterocycles. The third-order valence-electron chi connectivity index (χ3n) is 4.23. The highest BCUT2D eigenvalue weighted by atomic mass is 32.2. The van der Waals surface area contributed by atoms with Crippen LogP contribution in [0.5, 0.6) is 0 Å². The molecule has 8 nitrogen and oxygen atoms in total. The molecule has 0 fully saturated rings. The number of hydrogen-bond donors (Lipinski definition) is 2. The molecule has 0 aliphatic rings. The number of aromatic nitrogens is 2. The van der Waals surface area contributed by atoms with E-state index in [0.29, 0.717) is 23.0 Å². The van der Waals surface area contributed by atoms with E-state index in [0.717, 1.165) is 12.1 Å². The van der Waals surface area contributed by atoms with Crippen molar-refractivity contribution in [2.45, 2.75) is 37.6 Å². The number of sulfonamides is 1. The van der Waals surface area contributed by atoms with Crippen LogP contribution in [-0.4, -0.2) is 24.5 Å². The van der Waals surface area contributed by atoms with Gasteiger partial charge in [-0.05, 0) is 55.8 Å². The lowest BCUT2D eigenvalue weighted by molar-refractivity contribution is -0.122. The van der Waals surface area contributed by atoms with Crippen LogP contribution >= 0.6 is 0 Å². The van der Waals surface area contributed by atoms with Gasteiger partial charge in [-0.3, -0.25) is 9.52 Å². The van der Waals surface area contributed by atoms with Gasteiger partial charge in [-0.2, -0.15) is 4.98 Å². The number of halogens is 1. The number of amides is 1. The maximum absolute atomic E-state index is 13.0. The molecule has 30 heavy (non-hydrogen) atoms. The summed E-state index contributed by atoms with van der Waals surface area (Å²) >= 11 is 0. The van der Waals surface area contributed by atoms with Crippen molar-refractivity contribution in [2.75, 3.05) is 4.72 Å². The molecule has 2 aromatic carbocycles. The summed E-state index contributed by atoms with van der Waals surface area (Å²) in [5.74, 6) is 0.0150. The minimum Gasteiger partial charge on any atom is -0.344 e. The molecule has 3 aromatic rings. The zero-order valence-electron chi connectivity index (χ0n) is 16.6. The molecule has 0 unspecified atom stereocenters. The molecule has 3 rings (SSSR count). The molecule has 0 atom stereocenters. The van der Waals surface area contributed by atoms with Crippen LogP contribution in [0.25, 0.3) is 0 Å². The molecule has 0 radical (unpaired) electrons. The lowest BCUT2D eigenvalue weighted by atomic mass is 10.0. The van der Waals surface area contributed by atoms with Gasteiger partial charge >= 0.3 is 0 Å². The van der Waals surface area contributed by atoms with Crippen LogP contribution in [0.3, 0.4) is 0 Å². The molecule has 0 aliphatic carbocycles. The molecule has 10 heteroatoms. The normalized spacial score (nSPS) is 11.9. The van der Waals surface area contributed by atoms with Crippen LogP contribution in [-0.2, 0) is 26.8 Å². The predicted molar refractivity (Wildman–Crippen MR) is 108 cm³/mol. The summed E-state index contributed by atoms with van der Waals surface area (Å²) in [6.07, 6.45) is 0.0885. The van der Waals surface area contributed by atoms with E-state index in [1.165, 1.54) is 12.1 Å². The molecule has 158 valence electrons. The van der Waals surface area contributed by atoms with E-state index in [4.69, 9.17) is 4.52 Å². The molecule has 1 amide bonds. The van der Waals surface area contributed by atoms with Crippen molar-refractivity contribution >= 4 is 21.6 Å². The van der Waals surface area contributed by atoms with E-state index in [1.54, 1.807) is 45.0 Å². The maximum atomic E-state index is 13.0. The van der Waals surface area contributed by atoms with E-state index in [9.17, 15) is 17.6 Å². The van der Waals surface area contributed by atoms with Gasteiger partial charge in [0, 0.05) is 12.6 Å². The Morgan fingerprint density at radius 1 is 1.10 bits per heavy atom. The fourth-order valence-corrected chi connectivity index (χ4v) is 3.76. The Labute approximate surface area is 173 Å². The monoisotopic (exact) mass is 432 g/mol. The summed E-state index contributed by atoms with van der Waals surface area (Å²) in [6.45, 7) is 5.20. The van der Waals surface area contributed by atoms with Gasteiger partial charge in [0.15, 0.2) is 5.82 Å². The summed E-state index contributed by atoms with van der Waals surface area (Å²) in [5, 5.41) is 6.68. The first kappa shape index (κ1) is 21.4. The first-order valence-electron chi connectivity index (χ1n) is 9.04. The van der Waals surface area contributed by atoms with Crippen LogP contribution in [0.15, 0.2) is 57.9 Å². The summed E-state index contributed by atoms with van der Waals surface area (Å²) in [7, 11) is -3.84. The fourth-order valence-electron chi connectivity index (χ4n) is 2.71. The molecular weight excluding hydrogens is 411 g/mol. The van der Waals surface area contributed by atoms with Gasteiger partial charge in [0.1, 0.15) is 5.82 Å². The minimum atomic E-state index is -3.84. The lowest BCUT2D eigenvalue weighted by Gasteiger charge is -2.22. The Bertz CT molecular complexity index is 1140. The summed E-state index contributed by atoms with van der Waals surface area (Å²) in [5.41, 5.74) is 0.211. The van der Waals surface area contributed by atoms with E-state index in [1.807, 2.05) is 0 Å². The number of anilines is 1. The second-order valence-corrected chi connectivity index (χ2v) is 8.93. The number of benzene rings is 2. The van der Waals surface area contributed by atoms with E-state index in [-0.39, 0.29) is 17.2 Å². The molecule has 0 saturated carbocycles. The van der Waals surface area contributed by atoms with Crippen molar-refractivity contribution in [3.8, 4) is 0 Å². The van der Waals surface area contributed by atoms with Gasteiger partial charge in [0.05, 0.1) is 16.9 Å². The number of nitrogens with one attached hydrogen (secondary N) is 2. The molecule has 0 spiro atoms. The van der Waals surface area contributed by atoms with Gasteiger partial charge in [-0.1, -0.05) is 17.3 Å². The third kappa shape index (κ3) is 5.20.